The highest BCUT2D eigenvalue weighted by molar-refractivity contribution is 5.53. The Morgan fingerprint density at radius 1 is 1.19 bits per heavy atom. The molecule has 0 saturated carbocycles. The van der Waals surface area contributed by atoms with Gasteiger partial charge in [-0.05, 0) is 31.5 Å². The molecule has 112 valence electrons. The molecule has 0 spiro atoms. The predicted octanol–water partition coefficient (Wildman–Crippen LogP) is 3.72. The summed E-state index contributed by atoms with van der Waals surface area (Å²) in [4.78, 5) is 0. The fraction of sp³-hybridized carbons (Fsp3) is 0.294. The molecule has 0 heterocycles. The molecule has 0 bridgehead atoms. The minimum Gasteiger partial charge on any atom is -0.508 e. The third-order valence-electron chi connectivity index (χ3n) is 3.26. The van der Waals surface area contributed by atoms with Crippen molar-refractivity contribution in [3.05, 3.63) is 47.5 Å². The van der Waals surface area contributed by atoms with E-state index in [4.69, 9.17) is 9.47 Å². The van der Waals surface area contributed by atoms with Gasteiger partial charge >= 0.3 is 0 Å². The molecule has 21 heavy (non-hydrogen) atoms. The number of methoxy groups -OCH3 is 1. The van der Waals surface area contributed by atoms with Gasteiger partial charge in [-0.1, -0.05) is 18.2 Å². The Balaban J connectivity index is 2.15. The molecular weight excluding hydrogens is 266 g/mol. The van der Waals surface area contributed by atoms with Crippen LogP contribution in [0.4, 0.5) is 5.69 Å². The number of aryl methyl sites for hydroxylation is 1. The van der Waals surface area contributed by atoms with E-state index in [9.17, 15) is 5.11 Å². The van der Waals surface area contributed by atoms with Crippen molar-refractivity contribution in [1.82, 2.24) is 0 Å². The molecule has 2 aromatic rings. The minimum atomic E-state index is 0.287. The summed E-state index contributed by atoms with van der Waals surface area (Å²) in [7, 11) is 1.64. The smallest absolute Gasteiger partial charge is 0.165 e. The molecule has 2 aromatic carbocycles. The molecule has 0 aliphatic rings. The van der Waals surface area contributed by atoms with E-state index in [0.717, 1.165) is 28.3 Å². The van der Waals surface area contributed by atoms with E-state index in [0.29, 0.717) is 13.2 Å². The first kappa shape index (κ1) is 15.0. The number of ether oxygens (including phenoxy) is 2. The van der Waals surface area contributed by atoms with Crippen molar-refractivity contribution >= 4 is 5.69 Å². The lowest BCUT2D eigenvalue weighted by atomic mass is 10.1. The summed E-state index contributed by atoms with van der Waals surface area (Å²) < 4.78 is 11.0. The topological polar surface area (TPSA) is 50.7 Å². The number of aromatic hydroxyl groups is 1. The van der Waals surface area contributed by atoms with Gasteiger partial charge in [-0.25, -0.2) is 0 Å². The SMILES string of the molecule is CCOc1cccc(CNc2ccc(C)c(O)c2)c1OC. The van der Waals surface area contributed by atoms with Crippen molar-refractivity contribution in [1.29, 1.82) is 0 Å². The molecule has 4 nitrogen and oxygen atoms in total. The van der Waals surface area contributed by atoms with Gasteiger partial charge in [0.1, 0.15) is 5.75 Å². The van der Waals surface area contributed by atoms with Crippen molar-refractivity contribution in [3.63, 3.8) is 0 Å². The lowest BCUT2D eigenvalue weighted by Gasteiger charge is -2.15. The molecule has 4 heteroatoms. The summed E-state index contributed by atoms with van der Waals surface area (Å²) in [5.74, 6) is 1.77. The van der Waals surface area contributed by atoms with Crippen LogP contribution in [0.3, 0.4) is 0 Å². The lowest BCUT2D eigenvalue weighted by molar-refractivity contribution is 0.309. The molecule has 2 N–H and O–H groups in total. The maximum Gasteiger partial charge on any atom is 0.165 e. The van der Waals surface area contributed by atoms with Crippen LogP contribution in [0, 0.1) is 6.92 Å². The fourth-order valence-electron chi connectivity index (χ4n) is 2.12. The predicted molar refractivity (Wildman–Crippen MR) is 84.3 cm³/mol. The molecule has 0 fully saturated rings. The van der Waals surface area contributed by atoms with Crippen LogP contribution in [-0.4, -0.2) is 18.8 Å². The molecule has 2 rings (SSSR count). The molecule has 0 radical (unpaired) electrons. The number of anilines is 1. The molecule has 0 unspecified atom stereocenters. The summed E-state index contributed by atoms with van der Waals surface area (Å²) in [6.07, 6.45) is 0. The van der Waals surface area contributed by atoms with Crippen molar-refractivity contribution in [2.45, 2.75) is 20.4 Å². The maximum absolute atomic E-state index is 9.73. The highest BCUT2D eigenvalue weighted by Gasteiger charge is 2.09. The normalized spacial score (nSPS) is 10.2. The Morgan fingerprint density at radius 3 is 2.67 bits per heavy atom. The van der Waals surface area contributed by atoms with E-state index in [2.05, 4.69) is 5.32 Å². The van der Waals surface area contributed by atoms with Gasteiger partial charge in [0, 0.05) is 23.9 Å². The Labute approximate surface area is 125 Å². The second-order valence-electron chi connectivity index (χ2n) is 4.74. The Kier molecular flexibility index (Phi) is 4.93. The van der Waals surface area contributed by atoms with E-state index in [1.807, 2.05) is 44.2 Å². The molecule has 0 atom stereocenters. The number of phenolic OH excluding ortho intramolecular Hbond substituents is 1. The molecule has 0 amide bonds. The molecule has 0 saturated heterocycles. The van der Waals surface area contributed by atoms with Gasteiger partial charge in [0.05, 0.1) is 13.7 Å². The monoisotopic (exact) mass is 287 g/mol. The zero-order chi connectivity index (χ0) is 15.2. The maximum atomic E-state index is 9.73. The third kappa shape index (κ3) is 3.60. The second kappa shape index (κ2) is 6.88. The van der Waals surface area contributed by atoms with Crippen molar-refractivity contribution < 1.29 is 14.6 Å². The van der Waals surface area contributed by atoms with Gasteiger partial charge in [-0.2, -0.15) is 0 Å². The highest BCUT2D eigenvalue weighted by atomic mass is 16.5. The minimum absolute atomic E-state index is 0.287. The number of benzene rings is 2. The number of hydrogen-bond acceptors (Lipinski definition) is 4. The first-order chi connectivity index (χ1) is 10.2. The zero-order valence-corrected chi connectivity index (χ0v) is 12.6. The quantitative estimate of drug-likeness (QED) is 0.850. The molecule has 0 aliphatic heterocycles. The van der Waals surface area contributed by atoms with Gasteiger partial charge in [0.15, 0.2) is 11.5 Å². The second-order valence-corrected chi connectivity index (χ2v) is 4.74. The van der Waals surface area contributed by atoms with Crippen molar-refractivity contribution in [3.8, 4) is 17.2 Å². The van der Waals surface area contributed by atoms with Crippen LogP contribution < -0.4 is 14.8 Å². The fourth-order valence-corrected chi connectivity index (χ4v) is 2.12. The van der Waals surface area contributed by atoms with Crippen LogP contribution in [0.25, 0.3) is 0 Å². The van der Waals surface area contributed by atoms with E-state index >= 15 is 0 Å². The van der Waals surface area contributed by atoms with Gasteiger partial charge in [0.2, 0.25) is 0 Å². The average molecular weight is 287 g/mol. The van der Waals surface area contributed by atoms with Crippen molar-refractivity contribution in [2.75, 3.05) is 19.0 Å². The molecule has 0 aromatic heterocycles. The molecule has 0 aliphatic carbocycles. The number of hydrogen-bond donors (Lipinski definition) is 2. The van der Waals surface area contributed by atoms with E-state index in [1.165, 1.54) is 0 Å². The Bertz CT molecular complexity index is 611. The van der Waals surface area contributed by atoms with Crippen LogP contribution in [0.5, 0.6) is 17.2 Å². The summed E-state index contributed by atoms with van der Waals surface area (Å²) in [5, 5.41) is 13.0. The van der Waals surface area contributed by atoms with Gasteiger partial charge in [0.25, 0.3) is 0 Å². The van der Waals surface area contributed by atoms with Gasteiger partial charge < -0.3 is 19.9 Å². The van der Waals surface area contributed by atoms with E-state index < -0.39 is 0 Å². The largest absolute Gasteiger partial charge is 0.508 e. The van der Waals surface area contributed by atoms with Gasteiger partial charge in [-0.3, -0.25) is 0 Å². The Morgan fingerprint density at radius 2 is 2.00 bits per heavy atom. The average Bonchev–Trinajstić information content (AvgIpc) is 2.49. The first-order valence-electron chi connectivity index (χ1n) is 6.98. The van der Waals surface area contributed by atoms with Crippen LogP contribution in [0.2, 0.25) is 0 Å². The van der Waals surface area contributed by atoms with Crippen LogP contribution in [0.15, 0.2) is 36.4 Å². The van der Waals surface area contributed by atoms with Crippen molar-refractivity contribution in [2.24, 2.45) is 0 Å². The zero-order valence-electron chi connectivity index (χ0n) is 12.6. The van der Waals surface area contributed by atoms with E-state index in [1.54, 1.807) is 13.2 Å². The number of phenols is 1. The lowest BCUT2D eigenvalue weighted by Crippen LogP contribution is -2.04. The summed E-state index contributed by atoms with van der Waals surface area (Å²) in [6.45, 7) is 5.00. The standard InChI is InChI=1S/C17H21NO3/c1-4-21-16-7-5-6-13(17(16)20-3)11-18-14-9-8-12(2)15(19)10-14/h5-10,18-19H,4,11H2,1-3H3. The third-order valence-corrected chi connectivity index (χ3v) is 3.26. The number of nitrogens with one attached hydrogen (secondary N) is 1. The van der Waals surface area contributed by atoms with Gasteiger partial charge in [-0.15, -0.1) is 0 Å². The molecular formula is C17H21NO3. The number of rotatable bonds is 6. The summed E-state index contributed by atoms with van der Waals surface area (Å²) >= 11 is 0. The summed E-state index contributed by atoms with van der Waals surface area (Å²) in [5.41, 5.74) is 2.72. The van der Waals surface area contributed by atoms with Crippen LogP contribution >= 0.6 is 0 Å². The number of para-hydroxylation sites is 1. The van der Waals surface area contributed by atoms with Crippen LogP contribution in [-0.2, 0) is 6.54 Å². The van der Waals surface area contributed by atoms with Crippen LogP contribution in [0.1, 0.15) is 18.1 Å². The summed E-state index contributed by atoms with van der Waals surface area (Å²) in [6, 6.07) is 11.4. The van der Waals surface area contributed by atoms with E-state index in [-0.39, 0.29) is 5.75 Å². The first-order valence-corrected chi connectivity index (χ1v) is 6.98. The highest BCUT2D eigenvalue weighted by Crippen LogP contribution is 2.31. The Hall–Kier alpha value is -2.36.